The Morgan fingerprint density at radius 3 is 2.56 bits per heavy atom. The Balaban J connectivity index is 1.72. The van der Waals surface area contributed by atoms with Crippen molar-refractivity contribution in [3.05, 3.63) is 48.1 Å². The molecule has 2 heterocycles. The number of hydrogen-bond donors (Lipinski definition) is 2. The number of nitrogens with zero attached hydrogens (tertiary/aromatic N) is 3. The molecule has 5 rings (SSSR count). The van der Waals surface area contributed by atoms with Crippen LogP contribution in [0.4, 0.5) is 4.79 Å². The molecule has 1 amide bonds. The van der Waals surface area contributed by atoms with Gasteiger partial charge in [0.1, 0.15) is 29.7 Å². The number of oxime groups is 1. The topological polar surface area (TPSA) is 122 Å². The fourth-order valence-corrected chi connectivity index (χ4v) is 7.95. The molecule has 1 aromatic carbocycles. The highest BCUT2D eigenvalue weighted by Gasteiger charge is 2.65. The molecule has 11 nitrogen and oxygen atoms in total. The summed E-state index contributed by atoms with van der Waals surface area (Å²) in [6.07, 6.45) is 8.82. The Kier molecular flexibility index (Phi) is 12.9. The number of hydrogen-bond acceptors (Lipinski definition) is 10. The first kappa shape index (κ1) is 38.1. The molecule has 2 fully saturated rings. The predicted molar refractivity (Wildman–Crippen MR) is 193 cm³/mol. The monoisotopic (exact) mass is 697 g/mol. The van der Waals surface area contributed by atoms with Crippen LogP contribution in [0.25, 0.3) is 0 Å². The Morgan fingerprint density at radius 1 is 1.16 bits per heavy atom. The van der Waals surface area contributed by atoms with Gasteiger partial charge >= 0.3 is 6.09 Å². The number of aliphatic hydroxyl groups is 2. The van der Waals surface area contributed by atoms with E-state index in [0.717, 1.165) is 74.3 Å². The highest BCUT2D eigenvalue weighted by Crippen LogP contribution is 2.61. The van der Waals surface area contributed by atoms with Crippen LogP contribution in [0.2, 0.25) is 0 Å². The molecule has 11 heteroatoms. The molecule has 0 bridgehead atoms. The van der Waals surface area contributed by atoms with Crippen LogP contribution >= 0.6 is 0 Å². The van der Waals surface area contributed by atoms with Crippen molar-refractivity contribution in [1.29, 1.82) is 0 Å². The Bertz CT molecular complexity index is 1370. The Hall–Kier alpha value is -3.12. The summed E-state index contributed by atoms with van der Waals surface area (Å²) in [6, 6.07) is 5.45. The van der Waals surface area contributed by atoms with Gasteiger partial charge in [-0.2, -0.15) is 0 Å². The number of likely N-dealkylation sites (N-methyl/N-ethyl adjacent to an activating group) is 1. The average Bonchev–Trinajstić information content (AvgIpc) is 3.92. The quantitative estimate of drug-likeness (QED) is 0.0836. The van der Waals surface area contributed by atoms with E-state index in [0.29, 0.717) is 25.2 Å². The van der Waals surface area contributed by atoms with Gasteiger partial charge in [0.25, 0.3) is 0 Å². The van der Waals surface area contributed by atoms with Crippen LogP contribution in [0.1, 0.15) is 84.1 Å². The molecule has 1 aromatic rings. The van der Waals surface area contributed by atoms with Gasteiger partial charge < -0.3 is 38.9 Å². The SMILES string of the molecule is C=CCO[C@@]12Oc3ccc(OCCN4CC4)cc3[C@H]3[C@H](CCCCO)[C@@H](CCCCO)C=C(C(=NOC(C)(C)C)C[C@@H]1N(C)C(=O)OCC)[C@H]32. The summed E-state index contributed by atoms with van der Waals surface area (Å²) in [4.78, 5) is 23.6. The second kappa shape index (κ2) is 16.9. The van der Waals surface area contributed by atoms with E-state index in [-0.39, 0.29) is 50.1 Å². The first-order valence-electron chi connectivity index (χ1n) is 18.6. The molecule has 1 saturated carbocycles. The van der Waals surface area contributed by atoms with E-state index in [2.05, 4.69) is 23.6 Å². The summed E-state index contributed by atoms with van der Waals surface area (Å²) < 4.78 is 25.9. The van der Waals surface area contributed by atoms with Crippen LogP contribution in [0.5, 0.6) is 11.5 Å². The fourth-order valence-electron chi connectivity index (χ4n) is 7.95. The number of aliphatic hydroxyl groups excluding tert-OH is 2. The normalized spacial score (nSPS) is 27.8. The Morgan fingerprint density at radius 2 is 1.90 bits per heavy atom. The van der Waals surface area contributed by atoms with Gasteiger partial charge in [-0.25, -0.2) is 4.79 Å². The van der Waals surface area contributed by atoms with Crippen molar-refractivity contribution in [2.24, 2.45) is 22.9 Å². The first-order valence-corrected chi connectivity index (χ1v) is 18.6. The number of ether oxygens (including phenoxy) is 4. The molecule has 2 N–H and O–H groups in total. The molecule has 0 radical (unpaired) electrons. The minimum absolute atomic E-state index is 0.102. The van der Waals surface area contributed by atoms with Crippen LogP contribution in [0, 0.1) is 17.8 Å². The molecule has 278 valence electrons. The maximum absolute atomic E-state index is 13.5. The summed E-state index contributed by atoms with van der Waals surface area (Å²) in [7, 11) is 1.73. The van der Waals surface area contributed by atoms with Crippen LogP contribution < -0.4 is 9.47 Å². The van der Waals surface area contributed by atoms with Crippen molar-refractivity contribution in [2.75, 3.05) is 59.7 Å². The summed E-state index contributed by atoms with van der Waals surface area (Å²) in [5.74, 6) is 0.0247. The molecule has 2 aliphatic carbocycles. The number of amides is 1. The third kappa shape index (κ3) is 8.66. The molecular weight excluding hydrogens is 638 g/mol. The number of unbranched alkanes of at least 4 members (excludes halogenated alkanes) is 2. The van der Waals surface area contributed by atoms with Crippen molar-refractivity contribution in [3.8, 4) is 11.5 Å². The van der Waals surface area contributed by atoms with Crippen molar-refractivity contribution in [1.82, 2.24) is 9.80 Å². The molecule has 50 heavy (non-hydrogen) atoms. The predicted octanol–water partition coefficient (Wildman–Crippen LogP) is 5.90. The minimum Gasteiger partial charge on any atom is -0.492 e. The van der Waals surface area contributed by atoms with E-state index in [1.54, 1.807) is 24.9 Å². The molecule has 0 unspecified atom stereocenters. The summed E-state index contributed by atoms with van der Waals surface area (Å²) in [5, 5.41) is 24.4. The van der Waals surface area contributed by atoms with Crippen molar-refractivity contribution >= 4 is 11.8 Å². The van der Waals surface area contributed by atoms with Crippen LogP contribution in [0.15, 0.2) is 47.7 Å². The van der Waals surface area contributed by atoms with Gasteiger partial charge in [0.2, 0.25) is 5.79 Å². The maximum Gasteiger partial charge on any atom is 0.409 e. The van der Waals surface area contributed by atoms with Crippen LogP contribution in [-0.2, 0) is 14.3 Å². The van der Waals surface area contributed by atoms with Crippen LogP contribution in [0.3, 0.4) is 0 Å². The smallest absolute Gasteiger partial charge is 0.409 e. The van der Waals surface area contributed by atoms with Gasteiger partial charge in [-0.1, -0.05) is 30.1 Å². The van der Waals surface area contributed by atoms with Crippen molar-refractivity contribution < 1.29 is 38.8 Å². The van der Waals surface area contributed by atoms with Crippen LogP contribution in [-0.4, -0.2) is 109 Å². The minimum atomic E-state index is -1.30. The third-order valence-corrected chi connectivity index (χ3v) is 10.3. The van der Waals surface area contributed by atoms with Gasteiger partial charge in [0.05, 0.1) is 24.8 Å². The molecule has 2 aliphatic heterocycles. The van der Waals surface area contributed by atoms with Gasteiger partial charge in [-0.3, -0.25) is 4.90 Å². The molecule has 6 atom stereocenters. The zero-order valence-electron chi connectivity index (χ0n) is 30.8. The number of carbonyl (C=O) groups is 1. The van der Waals surface area contributed by atoms with Gasteiger partial charge in [0.15, 0.2) is 0 Å². The summed E-state index contributed by atoms with van der Waals surface area (Å²) >= 11 is 0. The zero-order chi connectivity index (χ0) is 35.9. The highest BCUT2D eigenvalue weighted by atomic mass is 16.7. The molecular formula is C39H59N3O8. The lowest BCUT2D eigenvalue weighted by Crippen LogP contribution is -2.69. The largest absolute Gasteiger partial charge is 0.492 e. The lowest BCUT2D eigenvalue weighted by Gasteiger charge is -2.59. The van der Waals surface area contributed by atoms with E-state index in [1.165, 1.54) is 0 Å². The van der Waals surface area contributed by atoms with Gasteiger partial charge in [0, 0.05) is 57.8 Å². The van der Waals surface area contributed by atoms with E-state index in [1.807, 2.05) is 32.9 Å². The van der Waals surface area contributed by atoms with Crippen molar-refractivity contribution in [2.45, 2.75) is 96.0 Å². The van der Waals surface area contributed by atoms with E-state index in [4.69, 9.17) is 28.9 Å². The second-order valence-corrected chi connectivity index (χ2v) is 15.0. The highest BCUT2D eigenvalue weighted by molar-refractivity contribution is 6.02. The molecule has 0 aromatic heterocycles. The van der Waals surface area contributed by atoms with E-state index < -0.39 is 23.5 Å². The van der Waals surface area contributed by atoms with E-state index in [9.17, 15) is 15.0 Å². The Labute approximate surface area is 298 Å². The average molecular weight is 698 g/mol. The van der Waals surface area contributed by atoms with Gasteiger partial charge in [-0.15, -0.1) is 6.58 Å². The maximum atomic E-state index is 13.5. The molecule has 1 saturated heterocycles. The number of allylic oxidation sites excluding steroid dienone is 1. The standard InChI is InChI=1S/C39H59N3O8/c1-7-22-48-39-34(41(6)37(45)46-8-2)26-32(40-50-38(3,4)5)30-24-27(13-9-11-20-43)29(14-10-12-21-44)35(36(30)39)31-25-28(15-16-33(31)49-39)47-23-19-42-17-18-42/h7,15-16,24-25,27,29,34-36,43-44H,1,8-14,17-23,26H2,2-6H3/t27-,29+,34-,35+,36+,39+/m0/s1. The van der Waals surface area contributed by atoms with Gasteiger partial charge in [-0.05, 0) is 89.0 Å². The summed E-state index contributed by atoms with van der Waals surface area (Å²) in [5.41, 5.74) is 2.26. The lowest BCUT2D eigenvalue weighted by molar-refractivity contribution is -0.253. The van der Waals surface area contributed by atoms with Crippen molar-refractivity contribution in [3.63, 3.8) is 0 Å². The lowest BCUT2D eigenvalue weighted by atomic mass is 9.55. The first-order chi connectivity index (χ1) is 24.1. The zero-order valence-corrected chi connectivity index (χ0v) is 30.8. The second-order valence-electron chi connectivity index (χ2n) is 15.0. The van der Waals surface area contributed by atoms with E-state index >= 15 is 0 Å². The number of benzene rings is 1. The molecule has 0 spiro atoms. The third-order valence-electron chi connectivity index (χ3n) is 10.3. The summed E-state index contributed by atoms with van der Waals surface area (Å²) in [6.45, 7) is 16.1. The number of carbonyl (C=O) groups excluding carboxylic acids is 1. The molecule has 4 aliphatic rings. The number of rotatable bonds is 18. The number of fused-ring (bicyclic) bond motifs is 2. The fraction of sp³-hybridized carbons (Fsp3) is 0.692.